The predicted octanol–water partition coefficient (Wildman–Crippen LogP) is 3.24. The van der Waals surface area contributed by atoms with Crippen molar-refractivity contribution in [2.75, 3.05) is 20.3 Å². The fourth-order valence-electron chi connectivity index (χ4n) is 5.25. The first-order valence-corrected chi connectivity index (χ1v) is 14.4. The standard InChI is InChI=1S/C28H39IN2O7/c1-17(2)28(36)31(20-8-6-4-5-7-9-20)22-14-19(27(35)30-10-11-32)15-23(25(22)34)38-26-21(29)12-18(16-33)13-24(26)37-3/h12-13,15-17,20,22-23,25,32,34H,4-11,14H2,1-3H3,(H,30,35). The van der Waals surface area contributed by atoms with E-state index in [0.29, 0.717) is 32.5 Å². The summed E-state index contributed by atoms with van der Waals surface area (Å²) < 4.78 is 12.4. The van der Waals surface area contributed by atoms with Gasteiger partial charge in [-0.3, -0.25) is 14.4 Å². The number of halogens is 1. The van der Waals surface area contributed by atoms with Gasteiger partial charge in [0.1, 0.15) is 18.5 Å². The minimum absolute atomic E-state index is 0.0332. The summed E-state index contributed by atoms with van der Waals surface area (Å²) >= 11 is 2.04. The largest absolute Gasteiger partial charge is 0.493 e. The van der Waals surface area contributed by atoms with Gasteiger partial charge in [0.2, 0.25) is 11.8 Å². The number of methoxy groups -OCH3 is 1. The van der Waals surface area contributed by atoms with E-state index < -0.39 is 18.2 Å². The molecule has 1 saturated carbocycles. The van der Waals surface area contributed by atoms with Gasteiger partial charge in [-0.2, -0.15) is 0 Å². The topological polar surface area (TPSA) is 125 Å². The van der Waals surface area contributed by atoms with Gasteiger partial charge >= 0.3 is 0 Å². The molecule has 3 unspecified atom stereocenters. The number of carbonyl (C=O) groups is 3. The Morgan fingerprint density at radius 1 is 1.21 bits per heavy atom. The third kappa shape index (κ3) is 7.26. The van der Waals surface area contributed by atoms with E-state index in [1.165, 1.54) is 7.11 Å². The van der Waals surface area contributed by atoms with Crippen molar-refractivity contribution in [2.45, 2.75) is 83.1 Å². The van der Waals surface area contributed by atoms with Crippen LogP contribution in [-0.2, 0) is 9.59 Å². The summed E-state index contributed by atoms with van der Waals surface area (Å²) in [7, 11) is 1.46. The van der Waals surface area contributed by atoms with Crippen LogP contribution in [-0.4, -0.2) is 77.8 Å². The van der Waals surface area contributed by atoms with Crippen LogP contribution in [0.3, 0.4) is 0 Å². The van der Waals surface area contributed by atoms with Gasteiger partial charge in [0.05, 0.1) is 23.3 Å². The molecule has 1 aromatic carbocycles. The molecule has 2 aliphatic rings. The summed E-state index contributed by atoms with van der Waals surface area (Å²) in [6.07, 6.45) is 6.35. The van der Waals surface area contributed by atoms with Crippen molar-refractivity contribution in [3.63, 3.8) is 0 Å². The Morgan fingerprint density at radius 2 is 1.89 bits per heavy atom. The van der Waals surface area contributed by atoms with Gasteiger partial charge in [-0.05, 0) is 53.6 Å². The number of carbonyl (C=O) groups excluding carboxylic acids is 3. The first-order valence-electron chi connectivity index (χ1n) is 13.3. The highest BCUT2D eigenvalue weighted by Crippen LogP contribution is 2.38. The quantitative estimate of drug-likeness (QED) is 0.203. The summed E-state index contributed by atoms with van der Waals surface area (Å²) in [6.45, 7) is 3.58. The van der Waals surface area contributed by atoms with E-state index in [9.17, 15) is 24.6 Å². The fraction of sp³-hybridized carbons (Fsp3) is 0.607. The van der Waals surface area contributed by atoms with Crippen molar-refractivity contribution in [3.8, 4) is 11.5 Å². The number of ether oxygens (including phenoxy) is 2. The van der Waals surface area contributed by atoms with Crippen LogP contribution in [0.1, 0.15) is 69.2 Å². The van der Waals surface area contributed by atoms with Crippen LogP contribution in [0, 0.1) is 9.49 Å². The molecule has 9 nitrogen and oxygen atoms in total. The van der Waals surface area contributed by atoms with Crippen LogP contribution in [0.4, 0.5) is 0 Å². The summed E-state index contributed by atoms with van der Waals surface area (Å²) in [5.41, 5.74) is 0.801. The first-order chi connectivity index (χ1) is 18.2. The summed E-state index contributed by atoms with van der Waals surface area (Å²) in [4.78, 5) is 39.8. The molecule has 10 heteroatoms. The average Bonchev–Trinajstić information content (AvgIpc) is 3.19. The highest BCUT2D eigenvalue weighted by atomic mass is 127. The van der Waals surface area contributed by atoms with E-state index in [-0.39, 0.29) is 43.3 Å². The number of rotatable bonds is 10. The van der Waals surface area contributed by atoms with E-state index in [0.717, 1.165) is 38.5 Å². The van der Waals surface area contributed by atoms with Crippen molar-refractivity contribution >= 4 is 40.7 Å². The minimum atomic E-state index is -1.11. The fourth-order valence-corrected chi connectivity index (χ4v) is 6.01. The van der Waals surface area contributed by atoms with Gasteiger partial charge in [0.25, 0.3) is 0 Å². The van der Waals surface area contributed by atoms with Gasteiger partial charge in [-0.25, -0.2) is 0 Å². The summed E-state index contributed by atoms with van der Waals surface area (Å²) in [5.74, 6) is -0.0447. The number of nitrogens with zero attached hydrogens (tertiary/aromatic N) is 1. The first kappa shape index (κ1) is 30.4. The normalized spacial score (nSPS) is 22.3. The average molecular weight is 643 g/mol. The summed E-state index contributed by atoms with van der Waals surface area (Å²) in [5, 5.41) is 23.6. The number of benzene rings is 1. The number of hydrogen-bond acceptors (Lipinski definition) is 7. The maximum absolute atomic E-state index is 13.6. The number of aldehydes is 1. The lowest BCUT2D eigenvalue weighted by Gasteiger charge is -2.45. The molecule has 0 heterocycles. The van der Waals surface area contributed by atoms with Crippen molar-refractivity contribution in [2.24, 2.45) is 5.92 Å². The molecule has 0 saturated heterocycles. The Balaban J connectivity index is 2.04. The molecule has 3 N–H and O–H groups in total. The molecule has 0 bridgehead atoms. The Morgan fingerprint density at radius 3 is 2.47 bits per heavy atom. The zero-order valence-electron chi connectivity index (χ0n) is 22.3. The highest BCUT2D eigenvalue weighted by Gasteiger charge is 2.43. The zero-order chi connectivity index (χ0) is 27.8. The Labute approximate surface area is 238 Å². The molecule has 0 aromatic heterocycles. The van der Waals surface area contributed by atoms with Crippen LogP contribution in [0.15, 0.2) is 23.8 Å². The Bertz CT molecular complexity index is 1020. The van der Waals surface area contributed by atoms with E-state index in [1.54, 1.807) is 18.2 Å². The van der Waals surface area contributed by atoms with Gasteiger partial charge in [-0.1, -0.05) is 39.5 Å². The van der Waals surface area contributed by atoms with E-state index in [2.05, 4.69) is 5.32 Å². The number of aliphatic hydroxyl groups excluding tert-OH is 2. The molecule has 2 amide bonds. The SMILES string of the molecule is COc1cc(C=O)cc(I)c1OC1C=C(C(=O)NCCO)CC(N(C(=O)C(C)C)C2CCCCCC2)C1O. The summed E-state index contributed by atoms with van der Waals surface area (Å²) in [6, 6.07) is 2.50. The molecular weight excluding hydrogens is 603 g/mol. The number of amides is 2. The number of aliphatic hydroxyl groups is 2. The Hall–Kier alpha value is -2.18. The maximum Gasteiger partial charge on any atom is 0.247 e. The van der Waals surface area contributed by atoms with Gasteiger partial charge in [-0.15, -0.1) is 0 Å². The van der Waals surface area contributed by atoms with Crippen LogP contribution < -0.4 is 14.8 Å². The zero-order valence-corrected chi connectivity index (χ0v) is 24.5. The van der Waals surface area contributed by atoms with Crippen LogP contribution in [0.25, 0.3) is 0 Å². The van der Waals surface area contributed by atoms with Crippen LogP contribution in [0.5, 0.6) is 11.5 Å². The molecule has 1 aromatic rings. The van der Waals surface area contributed by atoms with Crippen molar-refractivity contribution in [1.29, 1.82) is 0 Å². The third-order valence-electron chi connectivity index (χ3n) is 7.18. The third-order valence-corrected chi connectivity index (χ3v) is 7.98. The second kappa shape index (κ2) is 14.3. The molecule has 210 valence electrons. The van der Waals surface area contributed by atoms with Crippen LogP contribution >= 0.6 is 22.6 Å². The lowest BCUT2D eigenvalue weighted by atomic mass is 9.86. The highest BCUT2D eigenvalue weighted by molar-refractivity contribution is 14.1. The number of hydrogen-bond donors (Lipinski definition) is 3. The van der Waals surface area contributed by atoms with Gasteiger partial charge in [0.15, 0.2) is 11.5 Å². The number of nitrogens with one attached hydrogen (secondary N) is 1. The van der Waals surface area contributed by atoms with Gasteiger partial charge in [0, 0.05) is 36.1 Å². The molecular formula is C28H39IN2O7. The lowest BCUT2D eigenvalue weighted by molar-refractivity contribution is -0.146. The van der Waals surface area contributed by atoms with Crippen molar-refractivity contribution in [3.05, 3.63) is 32.9 Å². The van der Waals surface area contributed by atoms with Crippen molar-refractivity contribution in [1.82, 2.24) is 10.2 Å². The predicted molar refractivity (Wildman–Crippen MR) is 151 cm³/mol. The van der Waals surface area contributed by atoms with E-state index in [1.807, 2.05) is 41.3 Å². The molecule has 2 aliphatic carbocycles. The monoisotopic (exact) mass is 642 g/mol. The lowest BCUT2D eigenvalue weighted by Crippen LogP contribution is -2.58. The second-order valence-electron chi connectivity index (χ2n) is 10.2. The molecule has 0 spiro atoms. The maximum atomic E-state index is 13.6. The molecule has 38 heavy (non-hydrogen) atoms. The molecule has 3 atom stereocenters. The molecule has 3 rings (SSSR count). The van der Waals surface area contributed by atoms with Gasteiger partial charge < -0.3 is 29.9 Å². The van der Waals surface area contributed by atoms with Crippen molar-refractivity contribution < 1.29 is 34.1 Å². The van der Waals surface area contributed by atoms with E-state index >= 15 is 0 Å². The van der Waals surface area contributed by atoms with E-state index in [4.69, 9.17) is 9.47 Å². The Kier molecular flexibility index (Phi) is 11.4. The smallest absolute Gasteiger partial charge is 0.247 e. The second-order valence-corrected chi connectivity index (χ2v) is 11.4. The molecule has 1 fully saturated rings. The molecule has 0 radical (unpaired) electrons. The molecule has 0 aliphatic heterocycles. The minimum Gasteiger partial charge on any atom is -0.493 e. The van der Waals surface area contributed by atoms with Crippen LogP contribution in [0.2, 0.25) is 0 Å².